The summed E-state index contributed by atoms with van der Waals surface area (Å²) in [6.45, 7) is 8.59. The van der Waals surface area contributed by atoms with E-state index in [0.717, 1.165) is 6.42 Å². The molecule has 1 aromatic rings. The third kappa shape index (κ3) is 4.37. The largest absolute Gasteiger partial charge is 0.396 e. The van der Waals surface area contributed by atoms with E-state index in [1.165, 1.54) is 0 Å². The van der Waals surface area contributed by atoms with Crippen molar-refractivity contribution in [2.75, 3.05) is 38.2 Å². The fraction of sp³-hybridized carbons (Fsp3) is 0.519. The topological polar surface area (TPSA) is 81.2 Å². The Bertz CT molecular complexity index is 1050. The van der Waals surface area contributed by atoms with Crippen LogP contribution in [-0.2, 0) is 14.4 Å². The maximum atomic E-state index is 14.4. The van der Waals surface area contributed by atoms with Gasteiger partial charge in [-0.15, -0.1) is 24.9 Å². The molecule has 3 heterocycles. The quantitative estimate of drug-likeness (QED) is 0.350. The van der Waals surface area contributed by atoms with Gasteiger partial charge in [-0.05, 0) is 37.8 Å². The predicted octanol–water partition coefficient (Wildman–Crippen LogP) is 3.37. The molecule has 4 rings (SSSR count). The zero-order valence-electron chi connectivity index (χ0n) is 20.6. The lowest BCUT2D eigenvalue weighted by Gasteiger charge is -2.37. The molecule has 1 N–H and O–H groups in total. The lowest BCUT2D eigenvalue weighted by molar-refractivity contribution is -0.143. The van der Waals surface area contributed by atoms with Crippen LogP contribution in [0.25, 0.3) is 0 Å². The van der Waals surface area contributed by atoms with Gasteiger partial charge in [-0.2, -0.15) is 0 Å². The molecule has 0 radical (unpaired) electrons. The molecule has 3 saturated heterocycles. The summed E-state index contributed by atoms with van der Waals surface area (Å²) in [6.07, 6.45) is 5.92. The molecule has 3 amide bonds. The summed E-state index contributed by atoms with van der Waals surface area (Å²) in [5.74, 6) is -1.43. The third-order valence-electron chi connectivity index (χ3n) is 7.63. The molecule has 0 aromatic heterocycles. The van der Waals surface area contributed by atoms with Crippen molar-refractivity contribution in [1.82, 2.24) is 9.80 Å². The van der Waals surface area contributed by atoms with E-state index >= 15 is 0 Å². The lowest BCUT2D eigenvalue weighted by Crippen LogP contribution is -2.55. The van der Waals surface area contributed by atoms with Gasteiger partial charge in [0.2, 0.25) is 11.8 Å². The van der Waals surface area contributed by atoms with Crippen LogP contribution in [-0.4, -0.2) is 82.0 Å². The number of halogens is 1. The molecule has 194 valence electrons. The van der Waals surface area contributed by atoms with Crippen molar-refractivity contribution in [3.63, 3.8) is 0 Å². The molecule has 0 saturated carbocycles. The van der Waals surface area contributed by atoms with E-state index in [-0.39, 0.29) is 36.1 Å². The first-order valence-corrected chi connectivity index (χ1v) is 13.7. The number of fused-ring (bicyclic) bond motifs is 1. The minimum atomic E-state index is -0.720. The van der Waals surface area contributed by atoms with Crippen LogP contribution in [0.1, 0.15) is 25.7 Å². The second-order valence-electron chi connectivity index (χ2n) is 9.71. The van der Waals surface area contributed by atoms with Crippen LogP contribution < -0.4 is 4.90 Å². The number of para-hydroxylation sites is 1. The van der Waals surface area contributed by atoms with Gasteiger partial charge >= 0.3 is 0 Å². The molecule has 3 aliphatic rings. The number of hydrogen-bond acceptors (Lipinski definition) is 5. The van der Waals surface area contributed by atoms with Gasteiger partial charge < -0.3 is 19.8 Å². The van der Waals surface area contributed by atoms with E-state index in [1.54, 1.807) is 57.8 Å². The number of aliphatic hydroxyl groups excluding tert-OH is 1. The SMILES string of the molecule is C=CCN(C)C(=O)[C@@H]1[C@H]2C(=O)N(CCCCO)C(C(=O)N(CC=C)c3ccccc3Cl)C23CC[C@H]1S3. The number of nitrogens with zero attached hydrogens (tertiary/aromatic N) is 3. The summed E-state index contributed by atoms with van der Waals surface area (Å²) in [7, 11) is 1.73. The highest BCUT2D eigenvalue weighted by Gasteiger charge is 2.73. The standard InChI is InChI=1S/C27H34ClN3O4S/c1-4-14-29(3)24(33)21-20-12-13-27(36-20)22(21)25(34)31(16-8-9-17-32)23(27)26(35)30(15-5-2)19-11-7-6-10-18(19)28/h4-7,10-11,20-23,32H,1-2,8-9,12-17H2,3H3/t20-,21+,22+,23?,27?/m1/s1. The smallest absolute Gasteiger partial charge is 0.251 e. The van der Waals surface area contributed by atoms with Crippen LogP contribution in [0.3, 0.4) is 0 Å². The van der Waals surface area contributed by atoms with Gasteiger partial charge in [0.1, 0.15) is 6.04 Å². The van der Waals surface area contributed by atoms with Crippen molar-refractivity contribution in [1.29, 1.82) is 0 Å². The number of amides is 3. The van der Waals surface area contributed by atoms with Crippen LogP contribution in [0.4, 0.5) is 5.69 Å². The second-order valence-corrected chi connectivity index (χ2v) is 11.7. The molecule has 1 aromatic carbocycles. The van der Waals surface area contributed by atoms with E-state index in [4.69, 9.17) is 11.6 Å². The molecule has 7 nitrogen and oxygen atoms in total. The second kappa shape index (κ2) is 11.0. The zero-order chi connectivity index (χ0) is 26.0. The van der Waals surface area contributed by atoms with Crippen molar-refractivity contribution >= 4 is 46.8 Å². The highest BCUT2D eigenvalue weighted by molar-refractivity contribution is 8.02. The third-order valence-corrected chi connectivity index (χ3v) is 9.90. The molecule has 2 bridgehead atoms. The fourth-order valence-corrected chi connectivity index (χ4v) is 8.58. The Morgan fingerprint density at radius 1 is 1.22 bits per heavy atom. The van der Waals surface area contributed by atoms with Crippen LogP contribution in [0.15, 0.2) is 49.6 Å². The number of rotatable bonds is 11. The molecule has 3 fully saturated rings. The van der Waals surface area contributed by atoms with Gasteiger partial charge in [0, 0.05) is 38.5 Å². The number of unbranched alkanes of at least 4 members (excludes halogenated alkanes) is 1. The lowest BCUT2D eigenvalue weighted by atomic mass is 9.70. The van der Waals surface area contributed by atoms with Crippen LogP contribution in [0.5, 0.6) is 0 Å². The first-order valence-electron chi connectivity index (χ1n) is 12.4. The maximum Gasteiger partial charge on any atom is 0.251 e. The molecule has 5 atom stereocenters. The normalized spacial score (nSPS) is 28.2. The van der Waals surface area contributed by atoms with E-state index in [0.29, 0.717) is 43.1 Å². The van der Waals surface area contributed by atoms with Gasteiger partial charge in [0.15, 0.2) is 0 Å². The summed E-state index contributed by atoms with van der Waals surface area (Å²) >= 11 is 8.14. The van der Waals surface area contributed by atoms with Gasteiger partial charge in [0.05, 0.1) is 27.3 Å². The number of benzene rings is 1. The van der Waals surface area contributed by atoms with Crippen LogP contribution in [0.2, 0.25) is 5.02 Å². The molecular weight excluding hydrogens is 498 g/mol. The number of thioether (sulfide) groups is 1. The number of hydrogen-bond donors (Lipinski definition) is 1. The van der Waals surface area contributed by atoms with E-state index < -0.39 is 22.6 Å². The highest BCUT2D eigenvalue weighted by atomic mass is 35.5. The first-order chi connectivity index (χ1) is 17.3. The molecule has 0 aliphatic carbocycles. The fourth-order valence-electron chi connectivity index (χ4n) is 6.14. The first kappa shape index (κ1) is 26.8. The van der Waals surface area contributed by atoms with Crippen LogP contribution >= 0.6 is 23.4 Å². The number of likely N-dealkylation sites (N-methyl/N-ethyl adjacent to an activating group) is 1. The number of aliphatic hydroxyl groups is 1. The Balaban J connectivity index is 1.76. The van der Waals surface area contributed by atoms with E-state index in [1.807, 2.05) is 12.1 Å². The number of carbonyl (C=O) groups excluding carboxylic acids is 3. The molecular formula is C27H34ClN3O4S. The number of carbonyl (C=O) groups is 3. The minimum Gasteiger partial charge on any atom is -0.396 e. The summed E-state index contributed by atoms with van der Waals surface area (Å²) in [4.78, 5) is 46.8. The number of anilines is 1. The van der Waals surface area contributed by atoms with Crippen molar-refractivity contribution in [3.05, 3.63) is 54.6 Å². The van der Waals surface area contributed by atoms with Crippen molar-refractivity contribution in [2.45, 2.75) is 41.7 Å². The zero-order valence-corrected chi connectivity index (χ0v) is 22.2. The monoisotopic (exact) mass is 531 g/mol. The predicted molar refractivity (Wildman–Crippen MR) is 144 cm³/mol. The average Bonchev–Trinajstić information content (AvgIpc) is 3.50. The van der Waals surface area contributed by atoms with Crippen LogP contribution in [0, 0.1) is 11.8 Å². The average molecular weight is 532 g/mol. The molecule has 1 spiro atoms. The summed E-state index contributed by atoms with van der Waals surface area (Å²) in [5, 5.41) is 9.79. The summed E-state index contributed by atoms with van der Waals surface area (Å²) < 4.78 is -0.673. The Hall–Kier alpha value is -2.29. The Kier molecular flexibility index (Phi) is 8.17. The van der Waals surface area contributed by atoms with E-state index in [2.05, 4.69) is 13.2 Å². The Morgan fingerprint density at radius 3 is 2.61 bits per heavy atom. The highest BCUT2D eigenvalue weighted by Crippen LogP contribution is 2.66. The van der Waals surface area contributed by atoms with Gasteiger partial charge in [-0.3, -0.25) is 14.4 Å². The maximum absolute atomic E-state index is 14.4. The van der Waals surface area contributed by atoms with Crippen molar-refractivity contribution in [2.24, 2.45) is 11.8 Å². The van der Waals surface area contributed by atoms with Gasteiger partial charge in [-0.1, -0.05) is 35.9 Å². The molecule has 3 aliphatic heterocycles. The molecule has 2 unspecified atom stereocenters. The van der Waals surface area contributed by atoms with Gasteiger partial charge in [-0.25, -0.2) is 0 Å². The summed E-state index contributed by atoms with van der Waals surface area (Å²) in [5.41, 5.74) is 0.572. The van der Waals surface area contributed by atoms with Gasteiger partial charge in [0.25, 0.3) is 5.91 Å². The van der Waals surface area contributed by atoms with Crippen molar-refractivity contribution in [3.8, 4) is 0 Å². The number of likely N-dealkylation sites (tertiary alicyclic amines) is 1. The van der Waals surface area contributed by atoms with E-state index in [9.17, 15) is 19.5 Å². The molecule has 9 heteroatoms. The molecule has 36 heavy (non-hydrogen) atoms. The minimum absolute atomic E-state index is 0.00164. The summed E-state index contributed by atoms with van der Waals surface area (Å²) in [6, 6.07) is 6.44. The Morgan fingerprint density at radius 2 is 1.94 bits per heavy atom. The Labute approximate surface area is 222 Å². The van der Waals surface area contributed by atoms with Crippen molar-refractivity contribution < 1.29 is 19.5 Å².